The molecule has 0 saturated carbocycles. The lowest BCUT2D eigenvalue weighted by molar-refractivity contribution is -0.131. The van der Waals surface area contributed by atoms with Crippen LogP contribution in [0.4, 0.5) is 0 Å². The van der Waals surface area contributed by atoms with Crippen LogP contribution in [0.25, 0.3) is 10.9 Å². The van der Waals surface area contributed by atoms with Crippen LogP contribution >= 0.6 is 0 Å². The Hall–Kier alpha value is -3.03. The third-order valence-corrected chi connectivity index (χ3v) is 4.52. The molecule has 3 aromatic rings. The monoisotopic (exact) mass is 383 g/mol. The van der Waals surface area contributed by atoms with E-state index in [1.54, 1.807) is 23.1 Å². The van der Waals surface area contributed by atoms with Gasteiger partial charge in [0, 0.05) is 25.3 Å². The zero-order valence-corrected chi connectivity index (χ0v) is 16.4. The number of rotatable bonds is 8. The maximum absolute atomic E-state index is 12.6. The molecular formula is C20H25N5O3. The van der Waals surface area contributed by atoms with Gasteiger partial charge < -0.3 is 14.4 Å². The van der Waals surface area contributed by atoms with Crippen molar-refractivity contribution in [3.63, 3.8) is 0 Å². The quantitative estimate of drug-likeness (QED) is 0.641. The molecule has 0 aliphatic carbocycles. The highest BCUT2D eigenvalue weighted by Crippen LogP contribution is 2.12. The number of carbonyl (C=O) groups is 1. The van der Waals surface area contributed by atoms with Gasteiger partial charge in [-0.05, 0) is 25.5 Å². The van der Waals surface area contributed by atoms with Gasteiger partial charge in [0.25, 0.3) is 5.56 Å². The number of para-hydroxylation sites is 1. The van der Waals surface area contributed by atoms with Crippen molar-refractivity contribution >= 4 is 16.8 Å². The molecule has 0 unspecified atom stereocenters. The molecule has 148 valence electrons. The molecule has 0 spiro atoms. The summed E-state index contributed by atoms with van der Waals surface area (Å²) in [5.41, 5.74) is 0.434. The van der Waals surface area contributed by atoms with Crippen molar-refractivity contribution in [2.75, 3.05) is 6.54 Å². The van der Waals surface area contributed by atoms with Gasteiger partial charge in [0.05, 0.1) is 17.4 Å². The highest BCUT2D eigenvalue weighted by molar-refractivity contribution is 5.77. The number of hydrogen-bond acceptors (Lipinski definition) is 6. The lowest BCUT2D eigenvalue weighted by Crippen LogP contribution is -2.31. The number of fused-ring (bicyclic) bond motifs is 1. The van der Waals surface area contributed by atoms with Crippen molar-refractivity contribution in [2.45, 2.75) is 52.5 Å². The number of benzene rings is 1. The van der Waals surface area contributed by atoms with Gasteiger partial charge in [-0.15, -0.1) is 0 Å². The van der Waals surface area contributed by atoms with Crippen LogP contribution in [-0.2, 0) is 17.8 Å². The van der Waals surface area contributed by atoms with Gasteiger partial charge in [-0.2, -0.15) is 4.98 Å². The molecule has 1 amide bonds. The molecule has 0 aliphatic heterocycles. The molecule has 28 heavy (non-hydrogen) atoms. The Morgan fingerprint density at radius 3 is 2.75 bits per heavy atom. The Morgan fingerprint density at radius 2 is 2.04 bits per heavy atom. The van der Waals surface area contributed by atoms with Gasteiger partial charge >= 0.3 is 0 Å². The molecule has 0 bridgehead atoms. The average molecular weight is 383 g/mol. The number of aromatic nitrogens is 4. The molecule has 0 atom stereocenters. The number of aromatic amines is 1. The normalized spacial score (nSPS) is 11.3. The van der Waals surface area contributed by atoms with Crippen molar-refractivity contribution in [3.8, 4) is 0 Å². The Labute approximate surface area is 163 Å². The number of aryl methyl sites for hydroxylation is 1. The summed E-state index contributed by atoms with van der Waals surface area (Å²) in [6.07, 6.45) is 1.55. The third-order valence-electron chi connectivity index (χ3n) is 4.52. The fraction of sp³-hybridized carbons (Fsp3) is 0.450. The van der Waals surface area contributed by atoms with Crippen molar-refractivity contribution in [1.29, 1.82) is 0 Å². The number of H-pyrrole nitrogens is 1. The predicted molar refractivity (Wildman–Crippen MR) is 105 cm³/mol. The molecular weight excluding hydrogens is 358 g/mol. The first-order valence-corrected chi connectivity index (χ1v) is 9.56. The molecule has 0 radical (unpaired) electrons. The summed E-state index contributed by atoms with van der Waals surface area (Å²) >= 11 is 0. The van der Waals surface area contributed by atoms with Crippen molar-refractivity contribution in [3.05, 3.63) is 52.2 Å². The third kappa shape index (κ3) is 4.62. The summed E-state index contributed by atoms with van der Waals surface area (Å²) in [6, 6.07) is 7.16. The average Bonchev–Trinajstić information content (AvgIpc) is 3.15. The van der Waals surface area contributed by atoms with Gasteiger partial charge in [0.1, 0.15) is 5.82 Å². The molecule has 3 rings (SSSR count). The van der Waals surface area contributed by atoms with E-state index in [1.807, 2.05) is 26.8 Å². The molecule has 1 N–H and O–H groups in total. The van der Waals surface area contributed by atoms with Gasteiger partial charge in [0.2, 0.25) is 11.8 Å². The minimum absolute atomic E-state index is 0.00176. The maximum atomic E-state index is 12.6. The molecule has 2 aromatic heterocycles. The number of hydrogen-bond donors (Lipinski definition) is 1. The van der Waals surface area contributed by atoms with Crippen molar-refractivity contribution in [2.24, 2.45) is 0 Å². The van der Waals surface area contributed by atoms with Crippen molar-refractivity contribution < 1.29 is 9.32 Å². The lowest BCUT2D eigenvalue weighted by atomic mass is 10.2. The van der Waals surface area contributed by atoms with E-state index in [0.29, 0.717) is 54.2 Å². The van der Waals surface area contributed by atoms with E-state index in [1.165, 1.54) is 0 Å². The maximum Gasteiger partial charge on any atom is 0.258 e. The summed E-state index contributed by atoms with van der Waals surface area (Å²) in [5, 5.41) is 4.47. The Bertz CT molecular complexity index is 1010. The minimum atomic E-state index is -0.193. The largest absolute Gasteiger partial charge is 0.339 e. The van der Waals surface area contributed by atoms with E-state index >= 15 is 0 Å². The molecule has 0 saturated heterocycles. The fourth-order valence-electron chi connectivity index (χ4n) is 2.92. The SMILES string of the molecule is CCN(Cc1nc2ccccc2c(=O)[nH]1)C(=O)CCCc1nc(C(C)C)no1. The molecule has 8 heteroatoms. The van der Waals surface area contributed by atoms with Gasteiger partial charge in [-0.3, -0.25) is 9.59 Å². The highest BCUT2D eigenvalue weighted by atomic mass is 16.5. The number of amides is 1. The van der Waals surface area contributed by atoms with E-state index in [0.717, 1.165) is 0 Å². The Kier molecular flexibility index (Phi) is 6.18. The van der Waals surface area contributed by atoms with Gasteiger partial charge in [-0.1, -0.05) is 31.1 Å². The van der Waals surface area contributed by atoms with Crippen LogP contribution in [0.3, 0.4) is 0 Å². The first kappa shape index (κ1) is 19.7. The van der Waals surface area contributed by atoms with E-state index in [-0.39, 0.29) is 23.9 Å². The van der Waals surface area contributed by atoms with Crippen LogP contribution < -0.4 is 5.56 Å². The Morgan fingerprint density at radius 1 is 1.25 bits per heavy atom. The molecule has 2 heterocycles. The van der Waals surface area contributed by atoms with Crippen LogP contribution in [0.2, 0.25) is 0 Å². The summed E-state index contributed by atoms with van der Waals surface area (Å²) in [5.74, 6) is 1.94. The van der Waals surface area contributed by atoms with E-state index in [2.05, 4.69) is 20.1 Å². The van der Waals surface area contributed by atoms with Gasteiger partial charge in [0.15, 0.2) is 5.82 Å². The topological polar surface area (TPSA) is 105 Å². The van der Waals surface area contributed by atoms with E-state index < -0.39 is 0 Å². The second-order valence-electron chi connectivity index (χ2n) is 6.99. The molecule has 8 nitrogen and oxygen atoms in total. The summed E-state index contributed by atoms with van der Waals surface area (Å²) in [4.78, 5) is 38.0. The van der Waals surface area contributed by atoms with Gasteiger partial charge in [-0.25, -0.2) is 4.98 Å². The number of nitrogens with zero attached hydrogens (tertiary/aromatic N) is 4. The smallest absolute Gasteiger partial charge is 0.258 e. The van der Waals surface area contributed by atoms with Crippen LogP contribution in [0.1, 0.15) is 57.1 Å². The van der Waals surface area contributed by atoms with Crippen LogP contribution in [0, 0.1) is 0 Å². The number of nitrogens with one attached hydrogen (secondary N) is 1. The summed E-state index contributed by atoms with van der Waals surface area (Å²) in [7, 11) is 0. The lowest BCUT2D eigenvalue weighted by Gasteiger charge is -2.20. The van der Waals surface area contributed by atoms with E-state index in [4.69, 9.17) is 4.52 Å². The predicted octanol–water partition coefficient (Wildman–Crippen LogP) is 2.80. The Balaban J connectivity index is 1.59. The second kappa shape index (κ2) is 8.77. The van der Waals surface area contributed by atoms with Crippen LogP contribution in [0.5, 0.6) is 0 Å². The summed E-state index contributed by atoms with van der Waals surface area (Å²) < 4.78 is 5.21. The molecule has 0 fully saturated rings. The minimum Gasteiger partial charge on any atom is -0.339 e. The highest BCUT2D eigenvalue weighted by Gasteiger charge is 2.15. The van der Waals surface area contributed by atoms with Crippen LogP contribution in [0.15, 0.2) is 33.6 Å². The van der Waals surface area contributed by atoms with Crippen molar-refractivity contribution in [1.82, 2.24) is 25.0 Å². The number of carbonyl (C=O) groups excluding carboxylic acids is 1. The van der Waals surface area contributed by atoms with E-state index in [9.17, 15) is 9.59 Å². The fourth-order valence-corrected chi connectivity index (χ4v) is 2.92. The van der Waals surface area contributed by atoms with Crippen LogP contribution in [-0.4, -0.2) is 37.5 Å². The zero-order chi connectivity index (χ0) is 20.1. The molecule has 1 aromatic carbocycles. The summed E-state index contributed by atoms with van der Waals surface area (Å²) in [6.45, 7) is 6.72. The second-order valence-corrected chi connectivity index (χ2v) is 6.99. The first-order chi connectivity index (χ1) is 13.5. The zero-order valence-electron chi connectivity index (χ0n) is 16.4. The molecule has 0 aliphatic rings. The standard InChI is InChI=1S/C20H25N5O3/c1-4-25(12-16-21-15-9-6-5-8-14(15)20(27)22-16)18(26)11-7-10-17-23-19(13(2)3)24-28-17/h5-6,8-9,13H,4,7,10-12H2,1-3H3,(H,21,22,27). The first-order valence-electron chi connectivity index (χ1n) is 9.56.